The molecule has 0 aliphatic rings. The number of carbonyl (C=O) groups excluding carboxylic acids is 5. The second-order valence-corrected chi connectivity index (χ2v) is 8.17. The Hall–Kier alpha value is -3.40. The van der Waals surface area contributed by atoms with E-state index in [0.29, 0.717) is 5.75 Å². The van der Waals surface area contributed by atoms with Crippen LogP contribution in [0.25, 0.3) is 0 Å². The number of carboxylic acids is 2. The van der Waals surface area contributed by atoms with Crippen LogP contribution < -0.4 is 33.2 Å². The number of amides is 5. The maximum Gasteiger partial charge on any atom is 0.326 e. The molecular weight excluding hydrogens is 476 g/mol. The molecule has 0 bridgehead atoms. The molecule has 0 saturated heterocycles. The highest BCUT2D eigenvalue weighted by Gasteiger charge is 2.32. The first-order chi connectivity index (χ1) is 15.8. The maximum atomic E-state index is 12.6. The monoisotopic (exact) mass is 506 g/mol. The van der Waals surface area contributed by atoms with E-state index in [-0.39, 0.29) is 19.3 Å². The molecule has 0 aromatic rings. The van der Waals surface area contributed by atoms with Gasteiger partial charge in [-0.15, -0.1) is 0 Å². The van der Waals surface area contributed by atoms with Crippen molar-refractivity contribution in [2.45, 2.75) is 56.3 Å². The number of aliphatic carboxylic acids is 2. The standard InChI is InChI=1S/C18H30N6O9S/c1-34-5-4-9(18(32)33)22-16(30)10(6-13(21)26)24-17(31)11(7-14(27)28)23-15(29)8(19)2-3-12(20)25/h8-11H,2-7,19H2,1H3,(H2,20,25)(H2,21,26)(H,22,30)(H,23,29)(H,24,31)(H,27,28)(H,32,33). The predicted molar refractivity (Wildman–Crippen MR) is 119 cm³/mol. The summed E-state index contributed by atoms with van der Waals surface area (Å²) in [5.41, 5.74) is 15.7. The number of primary amides is 2. The van der Waals surface area contributed by atoms with Crippen LogP contribution in [0.15, 0.2) is 0 Å². The van der Waals surface area contributed by atoms with Crippen molar-refractivity contribution in [3.8, 4) is 0 Å². The topological polar surface area (TPSA) is 274 Å². The Balaban J connectivity index is 5.48. The Morgan fingerprint density at radius 1 is 0.765 bits per heavy atom. The number of carboxylic acid groups (broad SMARTS) is 2. The molecule has 11 N–H and O–H groups in total. The van der Waals surface area contributed by atoms with Gasteiger partial charge in [0.25, 0.3) is 0 Å². The first kappa shape index (κ1) is 30.6. The van der Waals surface area contributed by atoms with Crippen LogP contribution in [0.4, 0.5) is 0 Å². The lowest BCUT2D eigenvalue weighted by Gasteiger charge is -2.24. The summed E-state index contributed by atoms with van der Waals surface area (Å²) in [6.07, 6.45) is -0.239. The van der Waals surface area contributed by atoms with Crippen LogP contribution >= 0.6 is 11.8 Å². The van der Waals surface area contributed by atoms with Gasteiger partial charge in [0.15, 0.2) is 0 Å². The zero-order valence-electron chi connectivity index (χ0n) is 18.4. The molecule has 0 spiro atoms. The first-order valence-corrected chi connectivity index (χ1v) is 11.3. The number of carbonyl (C=O) groups is 7. The van der Waals surface area contributed by atoms with E-state index in [1.165, 1.54) is 11.8 Å². The van der Waals surface area contributed by atoms with Gasteiger partial charge >= 0.3 is 11.9 Å². The highest BCUT2D eigenvalue weighted by atomic mass is 32.2. The third-order valence-electron chi connectivity index (χ3n) is 4.31. The fourth-order valence-electron chi connectivity index (χ4n) is 2.54. The van der Waals surface area contributed by atoms with Gasteiger partial charge in [0.05, 0.1) is 18.9 Å². The molecule has 0 aliphatic carbocycles. The second kappa shape index (κ2) is 15.4. The minimum Gasteiger partial charge on any atom is -0.481 e. The molecule has 0 saturated carbocycles. The lowest BCUT2D eigenvalue weighted by atomic mass is 10.1. The summed E-state index contributed by atoms with van der Waals surface area (Å²) in [4.78, 5) is 82.1. The highest BCUT2D eigenvalue weighted by molar-refractivity contribution is 7.98. The Kier molecular flexibility index (Phi) is 13.9. The molecule has 4 atom stereocenters. The van der Waals surface area contributed by atoms with E-state index in [9.17, 15) is 38.7 Å². The Morgan fingerprint density at radius 2 is 1.26 bits per heavy atom. The van der Waals surface area contributed by atoms with Crippen molar-refractivity contribution in [2.24, 2.45) is 17.2 Å². The summed E-state index contributed by atoms with van der Waals surface area (Å²) in [6.45, 7) is 0. The Morgan fingerprint density at radius 3 is 1.71 bits per heavy atom. The summed E-state index contributed by atoms with van der Waals surface area (Å²) in [7, 11) is 0. The van der Waals surface area contributed by atoms with Crippen LogP contribution in [0.2, 0.25) is 0 Å². The Bertz CT molecular complexity index is 794. The van der Waals surface area contributed by atoms with Crippen LogP contribution in [0.3, 0.4) is 0 Å². The van der Waals surface area contributed by atoms with Crippen molar-refractivity contribution in [3.05, 3.63) is 0 Å². The molecule has 15 nitrogen and oxygen atoms in total. The van der Waals surface area contributed by atoms with Gasteiger partial charge in [-0.05, 0) is 24.9 Å². The van der Waals surface area contributed by atoms with Crippen molar-refractivity contribution in [2.75, 3.05) is 12.0 Å². The fraction of sp³-hybridized carbons (Fsp3) is 0.611. The van der Waals surface area contributed by atoms with Gasteiger partial charge in [-0.1, -0.05) is 0 Å². The van der Waals surface area contributed by atoms with Gasteiger partial charge < -0.3 is 43.4 Å². The molecule has 0 aromatic carbocycles. The molecule has 34 heavy (non-hydrogen) atoms. The number of nitrogens with one attached hydrogen (secondary N) is 3. The summed E-state index contributed by atoms with van der Waals surface area (Å²) in [5.74, 6) is -7.31. The second-order valence-electron chi connectivity index (χ2n) is 7.18. The SMILES string of the molecule is CSCCC(NC(=O)C(CC(N)=O)NC(=O)C(CC(=O)O)NC(=O)C(N)CCC(N)=O)C(=O)O. The summed E-state index contributed by atoms with van der Waals surface area (Å²) in [5, 5.41) is 24.7. The largest absolute Gasteiger partial charge is 0.481 e. The molecule has 0 aromatic heterocycles. The third kappa shape index (κ3) is 12.6. The number of rotatable bonds is 17. The van der Waals surface area contributed by atoms with Gasteiger partial charge in [0.1, 0.15) is 18.1 Å². The van der Waals surface area contributed by atoms with Gasteiger partial charge in [-0.3, -0.25) is 28.8 Å². The molecule has 0 radical (unpaired) electrons. The lowest BCUT2D eigenvalue weighted by molar-refractivity contribution is -0.143. The van der Waals surface area contributed by atoms with E-state index < -0.39 is 78.5 Å². The van der Waals surface area contributed by atoms with E-state index >= 15 is 0 Å². The molecule has 0 heterocycles. The van der Waals surface area contributed by atoms with Gasteiger partial charge in [0.2, 0.25) is 29.5 Å². The smallest absolute Gasteiger partial charge is 0.326 e. The third-order valence-corrected chi connectivity index (χ3v) is 4.96. The highest BCUT2D eigenvalue weighted by Crippen LogP contribution is 2.04. The maximum absolute atomic E-state index is 12.6. The summed E-state index contributed by atoms with van der Waals surface area (Å²) in [6, 6.07) is -5.95. The van der Waals surface area contributed by atoms with Crippen LogP contribution in [-0.2, 0) is 33.6 Å². The summed E-state index contributed by atoms with van der Waals surface area (Å²) < 4.78 is 0. The minimum absolute atomic E-state index is 0.0559. The minimum atomic E-state index is -1.71. The van der Waals surface area contributed by atoms with Crippen molar-refractivity contribution in [3.63, 3.8) is 0 Å². The van der Waals surface area contributed by atoms with Gasteiger partial charge in [0, 0.05) is 6.42 Å². The average molecular weight is 507 g/mol. The van der Waals surface area contributed by atoms with E-state index in [1.807, 2.05) is 0 Å². The molecule has 4 unspecified atom stereocenters. The van der Waals surface area contributed by atoms with E-state index in [2.05, 4.69) is 16.0 Å². The number of thioether (sulfide) groups is 1. The van der Waals surface area contributed by atoms with E-state index in [4.69, 9.17) is 22.3 Å². The van der Waals surface area contributed by atoms with E-state index in [0.717, 1.165) is 0 Å². The average Bonchev–Trinajstić information content (AvgIpc) is 2.72. The molecule has 0 fully saturated rings. The van der Waals surface area contributed by atoms with Crippen molar-refractivity contribution in [1.29, 1.82) is 0 Å². The first-order valence-electron chi connectivity index (χ1n) is 9.95. The van der Waals surface area contributed by atoms with Crippen LogP contribution in [0.1, 0.15) is 32.1 Å². The van der Waals surface area contributed by atoms with Crippen molar-refractivity contribution >= 4 is 53.2 Å². The predicted octanol–water partition coefficient (Wildman–Crippen LogP) is -3.78. The molecule has 16 heteroatoms. The molecular formula is C18H30N6O9S. The van der Waals surface area contributed by atoms with E-state index in [1.54, 1.807) is 6.26 Å². The normalized spacial score (nSPS) is 14.1. The number of hydrogen-bond acceptors (Lipinski definition) is 9. The molecule has 0 aliphatic heterocycles. The quantitative estimate of drug-likeness (QED) is 0.0947. The zero-order chi connectivity index (χ0) is 26.4. The van der Waals surface area contributed by atoms with Crippen LogP contribution in [-0.4, -0.2) is 87.9 Å². The molecule has 0 rings (SSSR count). The number of hydrogen-bond donors (Lipinski definition) is 8. The molecule has 5 amide bonds. The van der Waals surface area contributed by atoms with Crippen molar-refractivity contribution < 1.29 is 43.8 Å². The lowest BCUT2D eigenvalue weighted by Crippen LogP contribution is -2.58. The van der Waals surface area contributed by atoms with Crippen molar-refractivity contribution in [1.82, 2.24) is 16.0 Å². The fourth-order valence-corrected chi connectivity index (χ4v) is 3.01. The summed E-state index contributed by atoms with van der Waals surface area (Å²) >= 11 is 1.34. The number of nitrogens with two attached hydrogens (primary N) is 3. The Labute approximate surface area is 198 Å². The van der Waals surface area contributed by atoms with Gasteiger partial charge in [-0.2, -0.15) is 11.8 Å². The zero-order valence-corrected chi connectivity index (χ0v) is 19.3. The van der Waals surface area contributed by atoms with Gasteiger partial charge in [-0.25, -0.2) is 4.79 Å². The molecule has 192 valence electrons. The van der Waals surface area contributed by atoms with Crippen LogP contribution in [0.5, 0.6) is 0 Å². The van der Waals surface area contributed by atoms with Crippen LogP contribution in [0, 0.1) is 0 Å².